The Balaban J connectivity index is 1.64. The summed E-state index contributed by atoms with van der Waals surface area (Å²) in [4.78, 5) is 7.14. The van der Waals surface area contributed by atoms with Crippen molar-refractivity contribution in [2.75, 3.05) is 26.7 Å². The first-order valence-electron chi connectivity index (χ1n) is 9.06. The van der Waals surface area contributed by atoms with Crippen LogP contribution >= 0.6 is 0 Å². The third kappa shape index (κ3) is 3.54. The number of nitrogens with zero attached hydrogens (tertiary/aromatic N) is 2. The summed E-state index contributed by atoms with van der Waals surface area (Å²) in [6.45, 7) is 3.29. The lowest BCUT2D eigenvalue weighted by Crippen LogP contribution is -2.31. The number of piperidine rings is 1. The van der Waals surface area contributed by atoms with E-state index >= 15 is 0 Å². The van der Waals surface area contributed by atoms with Gasteiger partial charge in [0.1, 0.15) is 11.3 Å². The molecule has 1 aromatic heterocycles. The van der Waals surface area contributed by atoms with Gasteiger partial charge in [0.2, 0.25) is 5.89 Å². The van der Waals surface area contributed by atoms with Crippen molar-refractivity contribution in [2.45, 2.75) is 25.7 Å². The predicted molar refractivity (Wildman–Crippen MR) is 100 cm³/mol. The maximum absolute atomic E-state index is 5.94. The van der Waals surface area contributed by atoms with Gasteiger partial charge in [0, 0.05) is 17.7 Å². The molecule has 2 aromatic rings. The zero-order valence-corrected chi connectivity index (χ0v) is 14.7. The number of hydrogen-bond acceptors (Lipinski definition) is 4. The molecule has 1 aliphatic heterocycles. The van der Waals surface area contributed by atoms with Crippen molar-refractivity contribution in [1.82, 2.24) is 9.88 Å². The van der Waals surface area contributed by atoms with E-state index in [1.807, 2.05) is 24.3 Å². The first kappa shape index (κ1) is 16.2. The van der Waals surface area contributed by atoms with Gasteiger partial charge in [0.25, 0.3) is 0 Å². The largest absolute Gasteiger partial charge is 0.496 e. The van der Waals surface area contributed by atoms with E-state index in [4.69, 9.17) is 9.15 Å². The highest BCUT2D eigenvalue weighted by atomic mass is 16.5. The molecule has 0 N–H and O–H groups in total. The van der Waals surface area contributed by atoms with E-state index in [2.05, 4.69) is 28.1 Å². The maximum Gasteiger partial charge on any atom is 0.223 e. The number of benzene rings is 1. The van der Waals surface area contributed by atoms with Crippen molar-refractivity contribution in [1.29, 1.82) is 0 Å². The smallest absolute Gasteiger partial charge is 0.223 e. The van der Waals surface area contributed by atoms with E-state index in [9.17, 15) is 0 Å². The molecule has 1 aliphatic carbocycles. The summed E-state index contributed by atoms with van der Waals surface area (Å²) < 4.78 is 11.6. The number of oxazole rings is 1. The molecule has 4 heteroatoms. The van der Waals surface area contributed by atoms with E-state index in [0.717, 1.165) is 35.4 Å². The van der Waals surface area contributed by atoms with Gasteiger partial charge >= 0.3 is 0 Å². The Kier molecular flexibility index (Phi) is 4.70. The molecule has 0 amide bonds. The van der Waals surface area contributed by atoms with Crippen molar-refractivity contribution >= 4 is 16.7 Å². The molecule has 0 saturated carbocycles. The van der Waals surface area contributed by atoms with Crippen LogP contribution in [0.1, 0.15) is 31.6 Å². The summed E-state index contributed by atoms with van der Waals surface area (Å²) in [7, 11) is 1.74. The van der Waals surface area contributed by atoms with E-state index in [0.29, 0.717) is 5.89 Å². The summed E-state index contributed by atoms with van der Waals surface area (Å²) >= 11 is 0. The quantitative estimate of drug-likeness (QED) is 0.820. The highest BCUT2D eigenvalue weighted by Gasteiger charge is 2.17. The van der Waals surface area contributed by atoms with E-state index in [1.54, 1.807) is 7.11 Å². The molecule has 4 nitrogen and oxygen atoms in total. The van der Waals surface area contributed by atoms with Gasteiger partial charge in [0.05, 0.1) is 7.11 Å². The Morgan fingerprint density at radius 1 is 1.16 bits per heavy atom. The van der Waals surface area contributed by atoms with Gasteiger partial charge in [-0.15, -0.1) is 0 Å². The molecule has 0 radical (unpaired) electrons. The zero-order chi connectivity index (χ0) is 17.1. The Morgan fingerprint density at radius 3 is 2.80 bits per heavy atom. The Hall–Kier alpha value is -2.33. The van der Waals surface area contributed by atoms with Crippen molar-refractivity contribution in [3.05, 3.63) is 59.7 Å². The first-order valence-corrected chi connectivity index (χ1v) is 9.06. The van der Waals surface area contributed by atoms with Gasteiger partial charge in [-0.05, 0) is 50.6 Å². The molecule has 1 aromatic carbocycles. The van der Waals surface area contributed by atoms with Gasteiger partial charge < -0.3 is 9.15 Å². The molecule has 2 aliphatic rings. The second-order valence-electron chi connectivity index (χ2n) is 6.69. The predicted octanol–water partition coefficient (Wildman–Crippen LogP) is 4.56. The van der Waals surface area contributed by atoms with Crippen molar-refractivity contribution in [3.8, 4) is 0 Å². The number of rotatable bonds is 4. The fourth-order valence-corrected chi connectivity index (χ4v) is 3.56. The summed E-state index contributed by atoms with van der Waals surface area (Å²) in [5, 5.41) is 0. The van der Waals surface area contributed by atoms with Crippen LogP contribution in [0.3, 0.4) is 0 Å². The third-order valence-electron chi connectivity index (χ3n) is 4.91. The minimum absolute atomic E-state index is 0.680. The van der Waals surface area contributed by atoms with E-state index < -0.39 is 0 Å². The number of likely N-dealkylation sites (tertiary alicyclic amines) is 1. The number of aromatic nitrogens is 1. The normalized spacial score (nSPS) is 19.2. The highest BCUT2D eigenvalue weighted by Crippen LogP contribution is 2.28. The third-order valence-corrected chi connectivity index (χ3v) is 4.91. The van der Waals surface area contributed by atoms with Crippen LogP contribution < -0.4 is 0 Å². The molecule has 0 bridgehead atoms. The summed E-state index contributed by atoms with van der Waals surface area (Å²) in [6.07, 6.45) is 11.2. The zero-order valence-electron chi connectivity index (χ0n) is 14.7. The average molecular weight is 336 g/mol. The number of ether oxygens (including phenoxy) is 1. The Morgan fingerprint density at radius 2 is 2.00 bits per heavy atom. The summed E-state index contributed by atoms with van der Waals surface area (Å²) in [5.41, 5.74) is 4.00. The molecule has 1 fully saturated rings. The van der Waals surface area contributed by atoms with Crippen LogP contribution in [0.4, 0.5) is 0 Å². The van der Waals surface area contributed by atoms with Crippen LogP contribution in [0.25, 0.3) is 16.7 Å². The van der Waals surface area contributed by atoms with Crippen LogP contribution in [0.5, 0.6) is 0 Å². The molecule has 0 atom stereocenters. The number of para-hydroxylation sites is 2. The van der Waals surface area contributed by atoms with Gasteiger partial charge in [0.15, 0.2) is 5.58 Å². The van der Waals surface area contributed by atoms with Crippen LogP contribution in [0.2, 0.25) is 0 Å². The number of methoxy groups -OCH3 is 1. The lowest BCUT2D eigenvalue weighted by Gasteiger charge is -2.27. The SMILES string of the molecule is COC1=C(CN2CCCCC2)C=CCC(c2nc3ccccc3o2)=C1. The number of hydrogen-bond donors (Lipinski definition) is 0. The Bertz CT molecular complexity index is 805. The molecule has 130 valence electrons. The lowest BCUT2D eigenvalue weighted by atomic mass is 10.1. The average Bonchev–Trinajstić information content (AvgIpc) is 2.98. The van der Waals surface area contributed by atoms with Gasteiger partial charge in [-0.25, -0.2) is 4.98 Å². The minimum atomic E-state index is 0.680. The second kappa shape index (κ2) is 7.28. The van der Waals surface area contributed by atoms with E-state index in [1.165, 1.54) is 37.9 Å². The fraction of sp³-hybridized carbons (Fsp3) is 0.381. The van der Waals surface area contributed by atoms with Gasteiger partial charge in [-0.2, -0.15) is 0 Å². The van der Waals surface area contributed by atoms with Gasteiger partial charge in [-0.1, -0.05) is 30.7 Å². The van der Waals surface area contributed by atoms with Crippen LogP contribution in [0.15, 0.2) is 58.2 Å². The monoisotopic (exact) mass is 336 g/mol. The van der Waals surface area contributed by atoms with Crippen LogP contribution in [-0.4, -0.2) is 36.6 Å². The highest BCUT2D eigenvalue weighted by molar-refractivity contribution is 5.76. The molecule has 4 rings (SSSR count). The molecular weight excluding hydrogens is 312 g/mol. The summed E-state index contributed by atoms with van der Waals surface area (Å²) in [6, 6.07) is 7.88. The molecule has 25 heavy (non-hydrogen) atoms. The fourth-order valence-electron chi connectivity index (χ4n) is 3.56. The first-order chi connectivity index (χ1) is 12.3. The number of allylic oxidation sites excluding steroid dienone is 3. The molecule has 0 unspecified atom stereocenters. The minimum Gasteiger partial charge on any atom is -0.496 e. The lowest BCUT2D eigenvalue weighted by molar-refractivity contribution is 0.240. The summed E-state index contributed by atoms with van der Waals surface area (Å²) in [5.74, 6) is 1.59. The van der Waals surface area contributed by atoms with Crippen molar-refractivity contribution < 1.29 is 9.15 Å². The topological polar surface area (TPSA) is 38.5 Å². The maximum atomic E-state index is 5.94. The second-order valence-corrected chi connectivity index (χ2v) is 6.69. The molecule has 2 heterocycles. The van der Waals surface area contributed by atoms with E-state index in [-0.39, 0.29) is 0 Å². The van der Waals surface area contributed by atoms with Crippen molar-refractivity contribution in [3.63, 3.8) is 0 Å². The molecule has 0 spiro atoms. The molecular formula is C21H24N2O2. The standard InChI is InChI=1S/C21H24N2O2/c1-24-20-14-16(21-22-18-10-3-4-11-19(18)25-21)8-7-9-17(20)15-23-12-5-2-6-13-23/h3-4,7,9-11,14H,2,5-6,8,12-13,15H2,1H3. The molecule has 1 saturated heterocycles. The Labute approximate surface area is 148 Å². The van der Waals surface area contributed by atoms with Crippen LogP contribution in [-0.2, 0) is 4.74 Å². The van der Waals surface area contributed by atoms with Crippen LogP contribution in [0, 0.1) is 0 Å². The van der Waals surface area contributed by atoms with Gasteiger partial charge in [-0.3, -0.25) is 4.90 Å². The number of fused-ring (bicyclic) bond motifs is 1. The van der Waals surface area contributed by atoms with Crippen molar-refractivity contribution in [2.24, 2.45) is 0 Å².